The summed E-state index contributed by atoms with van der Waals surface area (Å²) in [6, 6.07) is 41.4. The van der Waals surface area contributed by atoms with Gasteiger partial charge in [0.05, 0.1) is 23.8 Å². The number of hydrogen-bond donors (Lipinski definition) is 3. The number of carbonyl (C=O) groups is 3. The van der Waals surface area contributed by atoms with E-state index in [-0.39, 0.29) is 24.0 Å². The maximum atomic E-state index is 13.2. The van der Waals surface area contributed by atoms with E-state index in [1.165, 1.54) is 0 Å². The Bertz CT molecular complexity index is 1760. The van der Waals surface area contributed by atoms with Crippen molar-refractivity contribution in [3.63, 3.8) is 0 Å². The molecule has 0 aliphatic heterocycles. The average Bonchev–Trinajstić information content (AvgIpc) is 3.12. The standard InChI is InChI=1S/C40H38N2O6/c43-38(34(31-15-6-2-7-16-31)27-29-13-4-1-5-14-29)41-25-12-26-47-33-23-21-30(22-24-33)28-36(39(44)45)42-35-19-10-11-20-37(35)48-40(46)32-17-8-3-9-18-32/h1-11,13-24,34,36,42H,12,25-28H2,(H,41,43)(H,44,45). The van der Waals surface area contributed by atoms with Gasteiger partial charge in [0.2, 0.25) is 5.91 Å². The zero-order valence-corrected chi connectivity index (χ0v) is 26.5. The molecular formula is C40H38N2O6. The van der Waals surface area contributed by atoms with Crippen LogP contribution in [-0.4, -0.2) is 42.1 Å². The highest BCUT2D eigenvalue weighted by Gasteiger charge is 2.22. The van der Waals surface area contributed by atoms with Crippen LogP contribution in [0, 0.1) is 0 Å². The first-order chi connectivity index (χ1) is 23.5. The van der Waals surface area contributed by atoms with Crippen molar-refractivity contribution in [1.82, 2.24) is 5.32 Å². The van der Waals surface area contributed by atoms with E-state index in [4.69, 9.17) is 9.47 Å². The lowest BCUT2D eigenvalue weighted by Gasteiger charge is -2.18. The molecule has 5 aromatic carbocycles. The van der Waals surface area contributed by atoms with Crippen LogP contribution in [0.25, 0.3) is 0 Å². The van der Waals surface area contributed by atoms with Crippen LogP contribution in [0.15, 0.2) is 140 Å². The normalized spacial score (nSPS) is 11.9. The number of rotatable bonds is 16. The number of carbonyl (C=O) groups excluding carboxylic acids is 2. The minimum absolute atomic E-state index is 0.0204. The number of anilines is 1. The van der Waals surface area contributed by atoms with Crippen molar-refractivity contribution in [2.24, 2.45) is 0 Å². The van der Waals surface area contributed by atoms with Crippen LogP contribution >= 0.6 is 0 Å². The number of carboxylic acids is 1. The highest BCUT2D eigenvalue weighted by atomic mass is 16.5. The molecule has 0 heterocycles. The summed E-state index contributed by atoms with van der Waals surface area (Å²) >= 11 is 0. The van der Waals surface area contributed by atoms with Crippen molar-refractivity contribution in [3.05, 3.63) is 162 Å². The number of hydrogen-bond acceptors (Lipinski definition) is 6. The minimum Gasteiger partial charge on any atom is -0.494 e. The van der Waals surface area contributed by atoms with Gasteiger partial charge >= 0.3 is 11.9 Å². The molecule has 3 N–H and O–H groups in total. The Hall–Kier alpha value is -5.89. The van der Waals surface area contributed by atoms with Crippen LogP contribution in [0.4, 0.5) is 5.69 Å². The van der Waals surface area contributed by atoms with Crippen LogP contribution in [-0.2, 0) is 22.4 Å². The number of ether oxygens (including phenoxy) is 2. The summed E-state index contributed by atoms with van der Waals surface area (Å²) in [5, 5.41) is 16.0. The molecule has 48 heavy (non-hydrogen) atoms. The molecular weight excluding hydrogens is 604 g/mol. The molecule has 8 heteroatoms. The van der Waals surface area contributed by atoms with Crippen LogP contribution < -0.4 is 20.1 Å². The van der Waals surface area contributed by atoms with Crippen molar-refractivity contribution in [3.8, 4) is 11.5 Å². The van der Waals surface area contributed by atoms with Gasteiger partial charge in [-0.25, -0.2) is 9.59 Å². The van der Waals surface area contributed by atoms with Crippen LogP contribution in [0.2, 0.25) is 0 Å². The second kappa shape index (κ2) is 17.1. The van der Waals surface area contributed by atoms with Crippen molar-refractivity contribution >= 4 is 23.5 Å². The quantitative estimate of drug-likeness (QED) is 0.0608. The fourth-order valence-electron chi connectivity index (χ4n) is 5.25. The second-order valence-electron chi connectivity index (χ2n) is 11.3. The first kappa shape index (κ1) is 33.5. The summed E-state index contributed by atoms with van der Waals surface area (Å²) in [6.45, 7) is 0.884. The Morgan fingerprint density at radius 1 is 0.667 bits per heavy atom. The van der Waals surface area contributed by atoms with Gasteiger partial charge in [-0.2, -0.15) is 0 Å². The third-order valence-electron chi connectivity index (χ3n) is 7.78. The first-order valence-electron chi connectivity index (χ1n) is 15.9. The largest absolute Gasteiger partial charge is 0.494 e. The van der Waals surface area contributed by atoms with E-state index in [0.29, 0.717) is 43.0 Å². The summed E-state index contributed by atoms with van der Waals surface area (Å²) in [5.74, 6) is -0.996. The Morgan fingerprint density at radius 3 is 1.96 bits per heavy atom. The number of amides is 1. The molecule has 0 aromatic heterocycles. The van der Waals surface area contributed by atoms with Gasteiger partial charge in [0.15, 0.2) is 5.75 Å². The Kier molecular flexibility index (Phi) is 12.0. The maximum absolute atomic E-state index is 13.2. The Balaban J connectivity index is 1.10. The molecule has 0 fully saturated rings. The molecule has 0 saturated carbocycles. The lowest BCUT2D eigenvalue weighted by atomic mass is 9.91. The number of benzene rings is 5. The number of aliphatic carboxylic acids is 1. The van der Waals surface area contributed by atoms with Crippen LogP contribution in [0.3, 0.4) is 0 Å². The molecule has 244 valence electrons. The summed E-state index contributed by atoms with van der Waals surface area (Å²) in [7, 11) is 0. The molecule has 0 aliphatic rings. The van der Waals surface area contributed by atoms with E-state index in [0.717, 1.165) is 16.7 Å². The zero-order valence-electron chi connectivity index (χ0n) is 26.5. The number of carboxylic acid groups (broad SMARTS) is 1. The third kappa shape index (κ3) is 9.80. The molecule has 0 aliphatic carbocycles. The van der Waals surface area contributed by atoms with Gasteiger partial charge in [-0.3, -0.25) is 4.79 Å². The van der Waals surface area contributed by atoms with Gasteiger partial charge in [0, 0.05) is 13.0 Å². The predicted octanol–water partition coefficient (Wildman–Crippen LogP) is 6.93. The van der Waals surface area contributed by atoms with Gasteiger partial charge in [0.25, 0.3) is 0 Å². The molecule has 5 rings (SSSR count). The number of esters is 1. The maximum Gasteiger partial charge on any atom is 0.343 e. The van der Waals surface area contributed by atoms with Crippen molar-refractivity contribution in [2.45, 2.75) is 31.2 Å². The highest BCUT2D eigenvalue weighted by molar-refractivity contribution is 5.92. The van der Waals surface area contributed by atoms with Gasteiger partial charge < -0.3 is 25.2 Å². The van der Waals surface area contributed by atoms with E-state index in [1.54, 1.807) is 66.7 Å². The fraction of sp³-hybridized carbons (Fsp3) is 0.175. The van der Waals surface area contributed by atoms with E-state index >= 15 is 0 Å². The first-order valence-corrected chi connectivity index (χ1v) is 15.9. The van der Waals surface area contributed by atoms with E-state index in [2.05, 4.69) is 10.6 Å². The third-order valence-corrected chi connectivity index (χ3v) is 7.78. The fourth-order valence-corrected chi connectivity index (χ4v) is 5.25. The molecule has 1 amide bonds. The van der Waals surface area contributed by atoms with E-state index in [1.807, 2.05) is 72.8 Å². The summed E-state index contributed by atoms with van der Waals surface area (Å²) < 4.78 is 11.5. The van der Waals surface area contributed by atoms with Gasteiger partial charge in [0.1, 0.15) is 11.8 Å². The monoisotopic (exact) mass is 642 g/mol. The topological polar surface area (TPSA) is 114 Å². The molecule has 0 spiro atoms. The Labute approximate surface area is 280 Å². The van der Waals surface area contributed by atoms with Crippen molar-refractivity contribution in [1.29, 1.82) is 0 Å². The lowest BCUT2D eigenvalue weighted by molar-refractivity contribution is -0.137. The van der Waals surface area contributed by atoms with Crippen LogP contribution in [0.5, 0.6) is 11.5 Å². The molecule has 8 nitrogen and oxygen atoms in total. The molecule has 2 atom stereocenters. The van der Waals surface area contributed by atoms with Crippen molar-refractivity contribution in [2.75, 3.05) is 18.5 Å². The summed E-state index contributed by atoms with van der Waals surface area (Å²) in [4.78, 5) is 37.9. The average molecular weight is 643 g/mol. The highest BCUT2D eigenvalue weighted by Crippen LogP contribution is 2.27. The van der Waals surface area contributed by atoms with E-state index in [9.17, 15) is 19.5 Å². The van der Waals surface area contributed by atoms with Crippen molar-refractivity contribution < 1.29 is 29.0 Å². The Morgan fingerprint density at radius 2 is 1.27 bits per heavy atom. The van der Waals surface area contributed by atoms with Gasteiger partial charge in [-0.1, -0.05) is 103 Å². The smallest absolute Gasteiger partial charge is 0.343 e. The summed E-state index contributed by atoms with van der Waals surface area (Å²) in [6.07, 6.45) is 1.43. The minimum atomic E-state index is -1.04. The van der Waals surface area contributed by atoms with Crippen LogP contribution in [0.1, 0.15) is 39.4 Å². The molecule has 0 radical (unpaired) electrons. The van der Waals surface area contributed by atoms with E-state index < -0.39 is 18.0 Å². The van der Waals surface area contributed by atoms with Gasteiger partial charge in [-0.15, -0.1) is 0 Å². The number of nitrogens with one attached hydrogen (secondary N) is 2. The number of para-hydroxylation sites is 2. The SMILES string of the molecule is O=C(Oc1ccccc1NC(Cc1ccc(OCCCNC(=O)C(Cc2ccccc2)c2ccccc2)cc1)C(=O)O)c1ccccc1. The molecule has 0 bridgehead atoms. The lowest BCUT2D eigenvalue weighted by Crippen LogP contribution is -2.32. The molecule has 0 saturated heterocycles. The molecule has 5 aromatic rings. The predicted molar refractivity (Wildman–Crippen MR) is 185 cm³/mol. The second-order valence-corrected chi connectivity index (χ2v) is 11.3. The van der Waals surface area contributed by atoms with Gasteiger partial charge in [-0.05, 0) is 65.9 Å². The summed E-state index contributed by atoms with van der Waals surface area (Å²) in [5.41, 5.74) is 3.67. The zero-order chi connectivity index (χ0) is 33.6. The molecule has 2 unspecified atom stereocenters.